The molecule has 2 fully saturated rings. The second-order valence-corrected chi connectivity index (χ2v) is 9.34. The summed E-state index contributed by atoms with van der Waals surface area (Å²) < 4.78 is 7.65. The average molecular weight is 461 g/mol. The summed E-state index contributed by atoms with van der Waals surface area (Å²) in [6, 6.07) is 7.84. The normalized spacial score (nSPS) is 17.8. The first kappa shape index (κ1) is 22.3. The summed E-state index contributed by atoms with van der Waals surface area (Å²) >= 11 is 0. The third-order valence-corrected chi connectivity index (χ3v) is 7.08. The molecule has 1 amide bonds. The number of rotatable bonds is 7. The van der Waals surface area contributed by atoms with Crippen LogP contribution in [0.1, 0.15) is 49.2 Å². The molecule has 1 N–H and O–H groups in total. The minimum atomic E-state index is -1.44. The van der Waals surface area contributed by atoms with Crippen LogP contribution in [0.5, 0.6) is 5.75 Å². The van der Waals surface area contributed by atoms with E-state index >= 15 is 0 Å². The van der Waals surface area contributed by atoms with Gasteiger partial charge in [-0.15, -0.1) is 5.10 Å². The summed E-state index contributed by atoms with van der Waals surface area (Å²) in [5.74, 6) is 0.813. The number of fused-ring (bicyclic) bond motifs is 1. The van der Waals surface area contributed by atoms with Gasteiger partial charge in [-0.2, -0.15) is 5.26 Å². The Balaban J connectivity index is 1.64. The molecular formula is C25H28N6O3. The predicted molar refractivity (Wildman–Crippen MR) is 124 cm³/mol. The van der Waals surface area contributed by atoms with Gasteiger partial charge in [0.05, 0.1) is 29.7 Å². The molecule has 2 aliphatic rings. The van der Waals surface area contributed by atoms with Gasteiger partial charge in [-0.3, -0.25) is 4.79 Å². The minimum absolute atomic E-state index is 0.0271. The first-order valence-electron chi connectivity index (χ1n) is 11.7. The van der Waals surface area contributed by atoms with Gasteiger partial charge in [-0.1, -0.05) is 18.2 Å². The Kier molecular flexibility index (Phi) is 5.48. The highest BCUT2D eigenvalue weighted by Crippen LogP contribution is 2.43. The number of aromatic nitrogens is 4. The highest BCUT2D eigenvalue weighted by atomic mass is 16.5. The highest BCUT2D eigenvalue weighted by molar-refractivity contribution is 5.88. The molecule has 0 radical (unpaired) electrons. The number of aliphatic hydroxyl groups is 1. The van der Waals surface area contributed by atoms with Crippen molar-refractivity contribution in [2.24, 2.45) is 18.9 Å². The average Bonchev–Trinajstić information content (AvgIpc) is 3.52. The van der Waals surface area contributed by atoms with Gasteiger partial charge in [-0.25, -0.2) is 9.67 Å². The minimum Gasteiger partial charge on any atom is -0.490 e. The molecule has 0 spiro atoms. The lowest BCUT2D eigenvalue weighted by Crippen LogP contribution is -2.58. The zero-order valence-electron chi connectivity index (χ0n) is 19.7. The molecule has 9 heteroatoms. The van der Waals surface area contributed by atoms with Gasteiger partial charge in [0.25, 0.3) is 0 Å². The summed E-state index contributed by atoms with van der Waals surface area (Å²) in [6.45, 7) is 4.95. The number of amides is 1. The summed E-state index contributed by atoms with van der Waals surface area (Å²) in [7, 11) is 1.73. The number of aryl methyl sites for hydroxylation is 2. The van der Waals surface area contributed by atoms with Crippen molar-refractivity contribution in [2.75, 3.05) is 19.7 Å². The van der Waals surface area contributed by atoms with Crippen molar-refractivity contribution in [2.45, 2.75) is 38.7 Å². The Hall–Kier alpha value is -3.51. The summed E-state index contributed by atoms with van der Waals surface area (Å²) in [4.78, 5) is 18.3. The van der Waals surface area contributed by atoms with Crippen LogP contribution in [0.15, 0.2) is 24.4 Å². The number of carbonyl (C=O) groups is 1. The predicted octanol–water partition coefficient (Wildman–Crippen LogP) is 2.30. The fourth-order valence-electron chi connectivity index (χ4n) is 4.75. The smallest absolute Gasteiger partial charge is 0.219 e. The molecule has 34 heavy (non-hydrogen) atoms. The summed E-state index contributed by atoms with van der Waals surface area (Å²) in [5, 5.41) is 30.9. The van der Waals surface area contributed by atoms with Crippen LogP contribution >= 0.6 is 0 Å². The maximum Gasteiger partial charge on any atom is 0.219 e. The first-order valence-corrected chi connectivity index (χ1v) is 11.7. The van der Waals surface area contributed by atoms with E-state index in [1.165, 1.54) is 6.92 Å². The Bertz CT molecular complexity index is 1300. The lowest BCUT2D eigenvalue weighted by atomic mass is 9.74. The third-order valence-electron chi connectivity index (χ3n) is 7.08. The van der Waals surface area contributed by atoms with E-state index in [1.807, 2.05) is 25.1 Å². The van der Waals surface area contributed by atoms with E-state index in [0.717, 1.165) is 18.5 Å². The number of nitriles is 1. The number of hydrogen-bond acceptors (Lipinski definition) is 7. The number of likely N-dealkylation sites (tertiary alicyclic amines) is 1. The molecule has 0 bridgehead atoms. The molecule has 1 aliphatic carbocycles. The van der Waals surface area contributed by atoms with Crippen LogP contribution in [0, 0.1) is 23.2 Å². The van der Waals surface area contributed by atoms with Gasteiger partial charge in [0, 0.05) is 38.4 Å². The summed E-state index contributed by atoms with van der Waals surface area (Å²) in [6.07, 6.45) is 4.51. The number of benzene rings is 1. The lowest BCUT2D eigenvalue weighted by molar-refractivity contribution is -0.142. The second-order valence-electron chi connectivity index (χ2n) is 9.34. The lowest BCUT2D eigenvalue weighted by Gasteiger charge is -2.47. The van der Waals surface area contributed by atoms with Gasteiger partial charge < -0.3 is 14.7 Å². The molecule has 1 aromatic carbocycles. The molecule has 3 aromatic rings. The molecule has 3 heterocycles. The van der Waals surface area contributed by atoms with Crippen molar-refractivity contribution in [3.63, 3.8) is 0 Å². The number of pyridine rings is 1. The standard InChI is InChI=1S/C25H28N6O3/c1-4-21-24(34-14-16-5-6-16)20(10-26)19-9-17(7-8-22(19)28-21)25(33,23-11-27-29-30(23)3)18-12-31(13-18)15(2)32/h7-9,11,16,18,33H,4-6,12-14H2,1-3H3/t25-/m1/s1. The Morgan fingerprint density at radius 1 is 1.35 bits per heavy atom. The summed E-state index contributed by atoms with van der Waals surface area (Å²) in [5.41, 5.74) is 1.58. The SMILES string of the molecule is CCc1nc2ccc([C@](O)(c3cnnn3C)C3CN(C(C)=O)C3)cc2c(C#N)c1OCC1CC1. The zero-order chi connectivity index (χ0) is 24.0. The van der Waals surface area contributed by atoms with E-state index in [1.54, 1.807) is 22.8 Å². The highest BCUT2D eigenvalue weighted by Gasteiger charge is 2.49. The van der Waals surface area contributed by atoms with E-state index < -0.39 is 5.60 Å². The van der Waals surface area contributed by atoms with Crippen LogP contribution in [-0.4, -0.2) is 55.6 Å². The van der Waals surface area contributed by atoms with Gasteiger partial charge in [0.15, 0.2) is 5.75 Å². The van der Waals surface area contributed by atoms with E-state index in [9.17, 15) is 15.2 Å². The number of nitrogens with zero attached hydrogens (tertiary/aromatic N) is 6. The van der Waals surface area contributed by atoms with Gasteiger partial charge in [0.1, 0.15) is 17.2 Å². The van der Waals surface area contributed by atoms with Crippen molar-refractivity contribution in [1.29, 1.82) is 5.26 Å². The van der Waals surface area contributed by atoms with Crippen molar-refractivity contribution >= 4 is 16.8 Å². The molecule has 1 aliphatic heterocycles. The Morgan fingerprint density at radius 2 is 2.12 bits per heavy atom. The van der Waals surface area contributed by atoms with Gasteiger partial charge in [-0.05, 0) is 42.9 Å². The van der Waals surface area contributed by atoms with E-state index in [-0.39, 0.29) is 11.8 Å². The Morgan fingerprint density at radius 3 is 2.71 bits per heavy atom. The van der Waals surface area contributed by atoms with Crippen molar-refractivity contribution in [3.05, 3.63) is 46.9 Å². The molecule has 0 unspecified atom stereocenters. The molecule has 9 nitrogen and oxygen atoms in total. The van der Waals surface area contributed by atoms with E-state index in [2.05, 4.69) is 16.4 Å². The molecule has 1 saturated heterocycles. The zero-order valence-corrected chi connectivity index (χ0v) is 19.7. The molecule has 2 aromatic heterocycles. The number of hydrogen-bond donors (Lipinski definition) is 1. The van der Waals surface area contributed by atoms with Crippen molar-refractivity contribution < 1.29 is 14.6 Å². The maximum atomic E-state index is 12.1. The van der Waals surface area contributed by atoms with Crippen LogP contribution in [0.25, 0.3) is 10.9 Å². The second kappa shape index (κ2) is 8.37. The van der Waals surface area contributed by atoms with Crippen LogP contribution in [0.2, 0.25) is 0 Å². The van der Waals surface area contributed by atoms with Crippen molar-refractivity contribution in [3.8, 4) is 11.8 Å². The van der Waals surface area contributed by atoms with Crippen LogP contribution in [0.3, 0.4) is 0 Å². The van der Waals surface area contributed by atoms with Crippen molar-refractivity contribution in [1.82, 2.24) is 24.9 Å². The van der Waals surface area contributed by atoms with Gasteiger partial charge in [0.2, 0.25) is 5.91 Å². The topological polar surface area (TPSA) is 117 Å². The number of ether oxygens (including phenoxy) is 1. The van der Waals surface area contributed by atoms with Crippen LogP contribution < -0.4 is 4.74 Å². The van der Waals surface area contributed by atoms with Crippen LogP contribution in [0.4, 0.5) is 0 Å². The monoisotopic (exact) mass is 460 g/mol. The van der Waals surface area contributed by atoms with Crippen LogP contribution in [-0.2, 0) is 23.9 Å². The Labute approximate surface area is 198 Å². The first-order chi connectivity index (χ1) is 16.4. The fourth-order valence-corrected chi connectivity index (χ4v) is 4.75. The molecule has 1 saturated carbocycles. The molecule has 176 valence electrons. The fraction of sp³-hybridized carbons (Fsp3) is 0.480. The quantitative estimate of drug-likeness (QED) is 0.575. The van der Waals surface area contributed by atoms with E-state index in [4.69, 9.17) is 9.72 Å². The largest absolute Gasteiger partial charge is 0.490 e. The molecular weight excluding hydrogens is 432 g/mol. The molecule has 1 atom stereocenters. The number of carbonyl (C=O) groups excluding carboxylic acids is 1. The van der Waals surface area contributed by atoms with E-state index in [0.29, 0.717) is 65.5 Å². The van der Waals surface area contributed by atoms with Gasteiger partial charge >= 0.3 is 0 Å². The third kappa shape index (κ3) is 3.59. The maximum absolute atomic E-state index is 12.1. The molecule has 5 rings (SSSR count).